The minimum absolute atomic E-state index is 0.0451. The number of hydrogen-bond donors (Lipinski definition) is 0. The van der Waals surface area contributed by atoms with E-state index in [0.29, 0.717) is 12.5 Å². The summed E-state index contributed by atoms with van der Waals surface area (Å²) in [6.45, 7) is 5.61. The van der Waals surface area contributed by atoms with Crippen LogP contribution in [0.2, 0.25) is 0 Å². The highest BCUT2D eigenvalue weighted by Crippen LogP contribution is 2.20. The van der Waals surface area contributed by atoms with Crippen molar-refractivity contribution in [3.63, 3.8) is 0 Å². The van der Waals surface area contributed by atoms with E-state index in [2.05, 4.69) is 20.4 Å². The van der Waals surface area contributed by atoms with Crippen LogP contribution >= 0.6 is 0 Å². The maximum atomic E-state index is 12.4. The molecule has 0 saturated carbocycles. The smallest absolute Gasteiger partial charge is 0.445 e. The lowest BCUT2D eigenvalue weighted by Gasteiger charge is -2.29. The van der Waals surface area contributed by atoms with E-state index in [4.69, 9.17) is 0 Å². The highest BCUT2D eigenvalue weighted by molar-refractivity contribution is 6.66. The van der Waals surface area contributed by atoms with Crippen LogP contribution in [-0.4, -0.2) is 31.5 Å². The second kappa shape index (κ2) is 6.99. The summed E-state index contributed by atoms with van der Waals surface area (Å²) in [6.07, 6.45) is 2.02. The van der Waals surface area contributed by atoms with E-state index in [1.807, 2.05) is 11.8 Å². The molecule has 0 aliphatic heterocycles. The van der Waals surface area contributed by atoms with E-state index in [0.717, 1.165) is 19.4 Å². The van der Waals surface area contributed by atoms with Gasteiger partial charge >= 0.3 is 6.98 Å². The summed E-state index contributed by atoms with van der Waals surface area (Å²) in [5.41, 5.74) is -0.590. The summed E-state index contributed by atoms with van der Waals surface area (Å²) < 4.78 is 37.2. The Labute approximate surface area is 96.8 Å². The van der Waals surface area contributed by atoms with Crippen molar-refractivity contribution in [1.82, 2.24) is 4.90 Å². The Balaban J connectivity index is 4.25. The fourth-order valence-electron chi connectivity index (χ4n) is 1.61. The molecule has 0 bridgehead atoms. The van der Waals surface area contributed by atoms with Gasteiger partial charge < -0.3 is 17.8 Å². The minimum Gasteiger partial charge on any atom is -0.445 e. The molecule has 0 N–H and O–H groups in total. The summed E-state index contributed by atoms with van der Waals surface area (Å²) in [5.74, 6) is 0.480. The molecule has 0 aromatic rings. The SMILES string of the molecule is C=C(CN(CC)CC(CC)CC)[B-](F)(F)F. The highest BCUT2D eigenvalue weighted by Gasteiger charge is 2.27. The normalized spacial score (nSPS) is 12.5. The third kappa shape index (κ3) is 5.59. The predicted molar refractivity (Wildman–Crippen MR) is 64.4 cm³/mol. The molecule has 0 aliphatic rings. The number of halogens is 3. The molecule has 0 aromatic heterocycles. The van der Waals surface area contributed by atoms with Crippen molar-refractivity contribution < 1.29 is 12.9 Å². The van der Waals surface area contributed by atoms with Crippen molar-refractivity contribution in [1.29, 1.82) is 0 Å². The summed E-state index contributed by atoms with van der Waals surface area (Å²) in [7, 11) is 0. The molecule has 0 rings (SSSR count). The van der Waals surface area contributed by atoms with E-state index >= 15 is 0 Å². The topological polar surface area (TPSA) is 3.24 Å². The number of nitrogens with zero attached hydrogens (tertiary/aromatic N) is 1. The summed E-state index contributed by atoms with van der Waals surface area (Å²) in [5, 5.41) is 0. The van der Waals surface area contributed by atoms with Crippen molar-refractivity contribution in [2.75, 3.05) is 19.6 Å². The van der Waals surface area contributed by atoms with E-state index in [1.165, 1.54) is 0 Å². The van der Waals surface area contributed by atoms with E-state index in [9.17, 15) is 12.9 Å². The molecule has 0 aliphatic carbocycles. The molecule has 0 spiro atoms. The van der Waals surface area contributed by atoms with Crippen molar-refractivity contribution >= 4 is 6.98 Å². The average molecular weight is 236 g/mol. The molecule has 16 heavy (non-hydrogen) atoms. The quantitative estimate of drug-likeness (QED) is 0.581. The average Bonchev–Trinajstić information content (AvgIpc) is 2.22. The maximum absolute atomic E-state index is 12.4. The van der Waals surface area contributed by atoms with Crippen LogP contribution in [0.1, 0.15) is 33.6 Å². The van der Waals surface area contributed by atoms with Gasteiger partial charge in [0.1, 0.15) is 0 Å². The van der Waals surface area contributed by atoms with Crippen molar-refractivity contribution in [2.24, 2.45) is 5.92 Å². The van der Waals surface area contributed by atoms with Gasteiger partial charge in [0.05, 0.1) is 0 Å². The molecule has 0 aromatic carbocycles. The zero-order valence-electron chi connectivity index (χ0n) is 10.5. The van der Waals surface area contributed by atoms with Gasteiger partial charge in [0, 0.05) is 6.54 Å². The van der Waals surface area contributed by atoms with Gasteiger partial charge in [-0.1, -0.05) is 33.6 Å². The third-order valence-electron chi connectivity index (χ3n) is 3.01. The third-order valence-corrected chi connectivity index (χ3v) is 3.01. The molecule has 5 heteroatoms. The van der Waals surface area contributed by atoms with Gasteiger partial charge in [0.25, 0.3) is 0 Å². The summed E-state index contributed by atoms with van der Waals surface area (Å²) in [4.78, 5) is 1.83. The van der Waals surface area contributed by atoms with Crippen LogP contribution in [0.25, 0.3) is 0 Å². The summed E-state index contributed by atoms with van der Waals surface area (Å²) in [6, 6.07) is 0. The Bertz CT molecular complexity index is 212. The zero-order valence-corrected chi connectivity index (χ0v) is 10.5. The first-order chi connectivity index (χ1) is 7.35. The lowest BCUT2D eigenvalue weighted by Crippen LogP contribution is -2.35. The first kappa shape index (κ1) is 15.6. The predicted octanol–water partition coefficient (Wildman–Crippen LogP) is 3.69. The Kier molecular flexibility index (Phi) is 6.80. The Morgan fingerprint density at radius 1 is 1.19 bits per heavy atom. The Hall–Kier alpha value is -0.445. The van der Waals surface area contributed by atoms with Crippen molar-refractivity contribution in [3.8, 4) is 0 Å². The van der Waals surface area contributed by atoms with Crippen LogP contribution in [0.15, 0.2) is 12.1 Å². The molecule has 0 heterocycles. The fourth-order valence-corrected chi connectivity index (χ4v) is 1.61. The van der Waals surface area contributed by atoms with Crippen LogP contribution in [0, 0.1) is 5.92 Å². The fraction of sp³-hybridized carbons (Fsp3) is 0.818. The monoisotopic (exact) mass is 236 g/mol. The molecule has 0 radical (unpaired) electrons. The van der Waals surface area contributed by atoms with Gasteiger partial charge in [-0.3, -0.25) is 0 Å². The molecule has 0 amide bonds. The van der Waals surface area contributed by atoms with Crippen LogP contribution < -0.4 is 0 Å². The van der Waals surface area contributed by atoms with Gasteiger partial charge in [0.2, 0.25) is 0 Å². The lowest BCUT2D eigenvalue weighted by atomic mass is 9.80. The van der Waals surface area contributed by atoms with Gasteiger partial charge in [-0.2, -0.15) is 0 Å². The Morgan fingerprint density at radius 2 is 1.69 bits per heavy atom. The first-order valence-corrected chi connectivity index (χ1v) is 5.95. The Morgan fingerprint density at radius 3 is 2.00 bits per heavy atom. The van der Waals surface area contributed by atoms with Crippen LogP contribution in [0.4, 0.5) is 12.9 Å². The number of rotatable bonds is 8. The molecular formula is C11H22BF3N-. The molecular weight excluding hydrogens is 214 g/mol. The molecule has 0 unspecified atom stereocenters. The number of likely N-dealkylation sites (N-methyl/N-ethyl adjacent to an activating group) is 1. The largest absolute Gasteiger partial charge is 0.506 e. The van der Waals surface area contributed by atoms with Crippen LogP contribution in [0.3, 0.4) is 0 Å². The zero-order chi connectivity index (χ0) is 12.8. The van der Waals surface area contributed by atoms with Crippen molar-refractivity contribution in [2.45, 2.75) is 33.6 Å². The van der Waals surface area contributed by atoms with Crippen LogP contribution in [-0.2, 0) is 0 Å². The van der Waals surface area contributed by atoms with Gasteiger partial charge in [-0.05, 0) is 19.0 Å². The van der Waals surface area contributed by atoms with Gasteiger partial charge in [-0.15, -0.1) is 12.1 Å². The molecule has 0 fully saturated rings. The number of hydrogen-bond acceptors (Lipinski definition) is 1. The second-order valence-corrected chi connectivity index (χ2v) is 4.24. The second-order valence-electron chi connectivity index (χ2n) is 4.24. The van der Waals surface area contributed by atoms with Gasteiger partial charge in [-0.25, -0.2) is 0 Å². The minimum atomic E-state index is -4.89. The standard InChI is InChI=1S/C11H22BF3N/c1-5-11(6-2)9-16(7-3)8-10(4)12(13,14)15/h11H,4-9H2,1-3H3/q-1. The van der Waals surface area contributed by atoms with Gasteiger partial charge in [0.15, 0.2) is 0 Å². The van der Waals surface area contributed by atoms with E-state index in [-0.39, 0.29) is 6.54 Å². The lowest BCUT2D eigenvalue weighted by molar-refractivity contribution is 0.250. The molecule has 1 nitrogen and oxygen atoms in total. The molecule has 0 saturated heterocycles. The molecule has 0 atom stereocenters. The highest BCUT2D eigenvalue weighted by atomic mass is 19.4. The van der Waals surface area contributed by atoms with E-state index in [1.54, 1.807) is 0 Å². The first-order valence-electron chi connectivity index (χ1n) is 5.95. The summed E-state index contributed by atoms with van der Waals surface area (Å²) >= 11 is 0. The van der Waals surface area contributed by atoms with Crippen LogP contribution in [0.5, 0.6) is 0 Å². The van der Waals surface area contributed by atoms with E-state index < -0.39 is 12.4 Å². The maximum Gasteiger partial charge on any atom is 0.506 e. The molecule has 96 valence electrons. The van der Waals surface area contributed by atoms with Crippen molar-refractivity contribution in [3.05, 3.63) is 12.1 Å².